The number of hydrogen-bond donors (Lipinski definition) is 2. The molecule has 0 saturated carbocycles. The van der Waals surface area contributed by atoms with E-state index in [2.05, 4.69) is 33.9 Å². The van der Waals surface area contributed by atoms with Crippen LogP contribution in [0.3, 0.4) is 0 Å². The van der Waals surface area contributed by atoms with Gasteiger partial charge in [0.15, 0.2) is 23.0 Å². The molecule has 0 radical (unpaired) electrons. The van der Waals surface area contributed by atoms with Crippen molar-refractivity contribution in [2.24, 2.45) is 5.92 Å². The second-order valence-electron chi connectivity index (χ2n) is 8.60. The molecule has 2 aromatic rings. The maximum atomic E-state index is 12.9. The first-order valence-corrected chi connectivity index (χ1v) is 12.0. The number of carbonyl (C=O) groups excluding carboxylic acids is 1. The summed E-state index contributed by atoms with van der Waals surface area (Å²) in [5.74, 6) is 0.105. The Balaban J connectivity index is 1.76. The Morgan fingerprint density at radius 3 is 2.74 bits per heavy atom. The van der Waals surface area contributed by atoms with Gasteiger partial charge in [-0.25, -0.2) is 0 Å². The minimum atomic E-state index is -0.542. The molecule has 5 nitrogen and oxygen atoms in total. The van der Waals surface area contributed by atoms with Crippen LogP contribution in [0.1, 0.15) is 29.2 Å². The number of ether oxygens (including phenoxy) is 1. The number of hydrogen-bond acceptors (Lipinski definition) is 6. The van der Waals surface area contributed by atoms with Crippen molar-refractivity contribution in [3.63, 3.8) is 0 Å². The van der Waals surface area contributed by atoms with Gasteiger partial charge in [-0.1, -0.05) is 18.2 Å². The van der Waals surface area contributed by atoms with E-state index in [0.717, 1.165) is 33.5 Å². The molecule has 7 heteroatoms. The molecular formula is C24H24BrNO4S. The number of fused-ring (bicyclic) bond motifs is 1. The van der Waals surface area contributed by atoms with Crippen molar-refractivity contribution in [1.29, 1.82) is 0 Å². The van der Waals surface area contributed by atoms with Crippen LogP contribution in [-0.4, -0.2) is 47.6 Å². The molecule has 2 bridgehead atoms. The number of likely N-dealkylation sites (tertiary alicyclic amines) is 1. The van der Waals surface area contributed by atoms with Crippen molar-refractivity contribution in [2.75, 3.05) is 20.7 Å². The van der Waals surface area contributed by atoms with Crippen LogP contribution >= 0.6 is 27.7 Å². The second kappa shape index (κ2) is 7.57. The third-order valence-electron chi connectivity index (χ3n) is 7.12. The van der Waals surface area contributed by atoms with Crippen molar-refractivity contribution in [2.45, 2.75) is 34.4 Å². The topological polar surface area (TPSA) is 70.0 Å². The molecule has 1 fully saturated rings. The maximum absolute atomic E-state index is 12.9. The molecule has 2 aliphatic carbocycles. The number of piperidine rings is 1. The van der Waals surface area contributed by atoms with E-state index in [1.54, 1.807) is 17.8 Å². The van der Waals surface area contributed by atoms with Crippen molar-refractivity contribution in [3.8, 4) is 11.5 Å². The lowest BCUT2D eigenvalue weighted by atomic mass is 9.53. The summed E-state index contributed by atoms with van der Waals surface area (Å²) >= 11 is 5.41. The SMILES string of the molecule is COC1=CC2C3C(Sc4ccccc4Br)c4ccc(O)c(O)c4C2(CCN3C)CC1=O. The largest absolute Gasteiger partial charge is 0.504 e. The molecule has 5 rings (SSSR count). The Hall–Kier alpha value is -1.96. The average Bonchev–Trinajstić information content (AvgIpc) is 2.75. The first kappa shape index (κ1) is 20.9. The van der Waals surface area contributed by atoms with E-state index in [4.69, 9.17) is 4.74 Å². The van der Waals surface area contributed by atoms with Gasteiger partial charge in [0.1, 0.15) is 0 Å². The van der Waals surface area contributed by atoms with Crippen LogP contribution in [0.15, 0.2) is 57.6 Å². The van der Waals surface area contributed by atoms with Crippen LogP contribution in [0.4, 0.5) is 0 Å². The van der Waals surface area contributed by atoms with Gasteiger partial charge in [-0.3, -0.25) is 4.79 Å². The minimum absolute atomic E-state index is 0.00573. The fourth-order valence-corrected chi connectivity index (χ4v) is 7.73. The molecule has 3 aliphatic rings. The molecule has 1 aliphatic heterocycles. The van der Waals surface area contributed by atoms with E-state index in [1.807, 2.05) is 30.3 Å². The van der Waals surface area contributed by atoms with Crippen LogP contribution in [0.5, 0.6) is 11.5 Å². The highest BCUT2D eigenvalue weighted by molar-refractivity contribution is 9.10. The van der Waals surface area contributed by atoms with Gasteiger partial charge in [0.05, 0.1) is 12.4 Å². The summed E-state index contributed by atoms with van der Waals surface area (Å²) in [5.41, 5.74) is 1.18. The quantitative estimate of drug-likeness (QED) is 0.590. The number of Topliss-reactive ketones (excluding diaryl/α,β-unsaturated/α-hetero) is 1. The summed E-state index contributed by atoms with van der Waals surface area (Å²) in [4.78, 5) is 16.4. The van der Waals surface area contributed by atoms with Gasteiger partial charge in [0.25, 0.3) is 0 Å². The van der Waals surface area contributed by atoms with E-state index in [-0.39, 0.29) is 40.9 Å². The summed E-state index contributed by atoms with van der Waals surface area (Å²) in [6.07, 6.45) is 2.98. The molecule has 31 heavy (non-hydrogen) atoms. The molecule has 1 saturated heterocycles. The fourth-order valence-electron chi connectivity index (χ4n) is 5.72. The molecule has 2 aromatic carbocycles. The zero-order chi connectivity index (χ0) is 21.9. The number of phenols is 2. The maximum Gasteiger partial charge on any atom is 0.197 e. The molecule has 4 atom stereocenters. The first-order chi connectivity index (χ1) is 14.9. The van der Waals surface area contributed by atoms with Crippen LogP contribution in [-0.2, 0) is 14.9 Å². The van der Waals surface area contributed by atoms with E-state index >= 15 is 0 Å². The minimum Gasteiger partial charge on any atom is -0.504 e. The number of thioether (sulfide) groups is 1. The number of nitrogens with zero attached hydrogens (tertiary/aromatic N) is 1. The number of rotatable bonds is 3. The van der Waals surface area contributed by atoms with Gasteiger partial charge in [-0.15, -0.1) is 11.8 Å². The smallest absolute Gasteiger partial charge is 0.197 e. The second-order valence-corrected chi connectivity index (χ2v) is 10.6. The van der Waals surface area contributed by atoms with Gasteiger partial charge in [-0.05, 0) is 65.8 Å². The lowest BCUT2D eigenvalue weighted by Crippen LogP contribution is -2.61. The molecule has 0 spiro atoms. The van der Waals surface area contributed by atoms with Crippen LogP contribution in [0.2, 0.25) is 0 Å². The van der Waals surface area contributed by atoms with E-state index < -0.39 is 5.41 Å². The zero-order valence-corrected chi connectivity index (χ0v) is 19.7. The van der Waals surface area contributed by atoms with Crippen molar-refractivity contribution in [3.05, 3.63) is 63.8 Å². The Morgan fingerprint density at radius 2 is 2.00 bits per heavy atom. The highest BCUT2D eigenvalue weighted by Gasteiger charge is 2.59. The summed E-state index contributed by atoms with van der Waals surface area (Å²) in [6, 6.07) is 11.7. The number of likely N-dealkylation sites (N-methyl/N-ethyl adjacent to an activating group) is 1. The zero-order valence-electron chi connectivity index (χ0n) is 17.3. The average molecular weight is 502 g/mol. The van der Waals surface area contributed by atoms with Gasteiger partial charge in [0.2, 0.25) is 0 Å². The number of aromatic hydroxyl groups is 2. The highest BCUT2D eigenvalue weighted by Crippen LogP contribution is 2.63. The number of benzene rings is 2. The molecule has 2 N–H and O–H groups in total. The first-order valence-electron chi connectivity index (χ1n) is 10.3. The Morgan fingerprint density at radius 1 is 1.23 bits per heavy atom. The molecule has 0 aromatic heterocycles. The number of carbonyl (C=O) groups is 1. The summed E-state index contributed by atoms with van der Waals surface area (Å²) in [7, 11) is 3.67. The van der Waals surface area contributed by atoms with Gasteiger partial charge in [-0.2, -0.15) is 0 Å². The standard InChI is InChI=1S/C24H24BrNO4S/c1-26-10-9-24-12-17(28)18(30-2)11-14(24)21(26)23(31-19-6-4-3-5-15(19)25)13-7-8-16(27)22(29)20(13)24/h3-8,11,14,21,23,27,29H,9-10,12H2,1-2H3. The molecule has 1 heterocycles. The van der Waals surface area contributed by atoms with Gasteiger partial charge >= 0.3 is 0 Å². The summed E-state index contributed by atoms with van der Waals surface area (Å²) in [6.45, 7) is 0.812. The summed E-state index contributed by atoms with van der Waals surface area (Å²) < 4.78 is 6.45. The Bertz CT molecular complexity index is 1100. The predicted octanol–water partition coefficient (Wildman–Crippen LogP) is 4.77. The third kappa shape index (κ3) is 3.04. The van der Waals surface area contributed by atoms with Gasteiger partial charge in [0, 0.05) is 38.7 Å². The molecule has 4 unspecified atom stereocenters. The predicted molar refractivity (Wildman–Crippen MR) is 123 cm³/mol. The van der Waals surface area contributed by atoms with Crippen molar-refractivity contribution >= 4 is 33.5 Å². The van der Waals surface area contributed by atoms with Crippen LogP contribution in [0, 0.1) is 5.92 Å². The third-order valence-corrected chi connectivity index (χ3v) is 9.47. The summed E-state index contributed by atoms with van der Waals surface area (Å²) in [5, 5.41) is 21.5. The van der Waals surface area contributed by atoms with E-state index in [1.165, 1.54) is 7.11 Å². The molecular weight excluding hydrogens is 478 g/mol. The fraction of sp³-hybridized carbons (Fsp3) is 0.375. The molecule has 0 amide bonds. The van der Waals surface area contributed by atoms with Crippen molar-refractivity contribution < 1.29 is 19.7 Å². The van der Waals surface area contributed by atoms with E-state index in [0.29, 0.717) is 5.76 Å². The molecule has 162 valence electrons. The van der Waals surface area contributed by atoms with Crippen LogP contribution < -0.4 is 0 Å². The number of allylic oxidation sites excluding steroid dienone is 1. The number of phenolic OH excluding ortho intramolecular Hbond substituents is 2. The lowest BCUT2D eigenvalue weighted by Gasteiger charge is -2.58. The Labute approximate surface area is 194 Å². The lowest BCUT2D eigenvalue weighted by molar-refractivity contribution is -0.122. The number of halogens is 1. The van der Waals surface area contributed by atoms with Gasteiger partial charge < -0.3 is 19.8 Å². The highest BCUT2D eigenvalue weighted by atomic mass is 79.9. The van der Waals surface area contributed by atoms with Crippen molar-refractivity contribution in [1.82, 2.24) is 4.90 Å². The number of methoxy groups -OCH3 is 1. The number of ketones is 1. The normalized spacial score (nSPS) is 29.7. The van der Waals surface area contributed by atoms with Crippen LogP contribution in [0.25, 0.3) is 0 Å². The van der Waals surface area contributed by atoms with E-state index in [9.17, 15) is 15.0 Å². The monoisotopic (exact) mass is 501 g/mol. The Kier molecular flexibility index (Phi) is 5.11.